The van der Waals surface area contributed by atoms with E-state index in [9.17, 15) is 0 Å². The number of ether oxygens (including phenoxy) is 1. The van der Waals surface area contributed by atoms with Crippen LogP contribution in [0.15, 0.2) is 114 Å². The summed E-state index contributed by atoms with van der Waals surface area (Å²) in [6.07, 6.45) is 0. The second kappa shape index (κ2) is 8.01. The fourth-order valence-corrected chi connectivity index (χ4v) is 3.08. The monoisotopic (exact) mass is 390 g/mol. The predicted molar refractivity (Wildman–Crippen MR) is 119 cm³/mol. The highest BCUT2D eigenvalue weighted by molar-refractivity contribution is 5.97. The van der Waals surface area contributed by atoms with E-state index in [2.05, 4.69) is 10.2 Å². The minimum Gasteiger partial charge on any atom is -0.438 e. The van der Waals surface area contributed by atoms with Crippen LogP contribution in [0.1, 0.15) is 5.56 Å². The van der Waals surface area contributed by atoms with E-state index >= 15 is 0 Å². The van der Waals surface area contributed by atoms with E-state index in [1.165, 1.54) is 0 Å². The Kier molecular flexibility index (Phi) is 4.76. The quantitative estimate of drug-likeness (QED) is 0.297. The van der Waals surface area contributed by atoms with Gasteiger partial charge >= 0.3 is 0 Å². The van der Waals surface area contributed by atoms with Crippen LogP contribution in [0.5, 0.6) is 5.75 Å². The van der Waals surface area contributed by atoms with Gasteiger partial charge in [0.2, 0.25) is 5.90 Å². The summed E-state index contributed by atoms with van der Waals surface area (Å²) in [5.41, 5.74) is 4.32. The molecule has 1 aromatic heterocycles. The largest absolute Gasteiger partial charge is 0.438 e. The zero-order valence-electron chi connectivity index (χ0n) is 16.1. The van der Waals surface area contributed by atoms with E-state index in [4.69, 9.17) is 9.73 Å². The van der Waals surface area contributed by atoms with Gasteiger partial charge in [-0.25, -0.2) is 4.99 Å². The molecule has 0 aliphatic carbocycles. The summed E-state index contributed by atoms with van der Waals surface area (Å²) >= 11 is 0. The maximum atomic E-state index is 6.15. The molecule has 1 heterocycles. The van der Waals surface area contributed by atoms with Gasteiger partial charge in [-0.05, 0) is 60.7 Å². The molecule has 0 atom stereocenters. The first-order chi connectivity index (χ1) is 14.8. The van der Waals surface area contributed by atoms with Gasteiger partial charge in [-0.15, -0.1) is 10.2 Å². The fraction of sp³-hybridized carbons (Fsp3) is 0. The van der Waals surface area contributed by atoms with Crippen LogP contribution in [-0.4, -0.2) is 20.9 Å². The van der Waals surface area contributed by atoms with Crippen molar-refractivity contribution in [1.82, 2.24) is 15.0 Å². The minimum atomic E-state index is 0.539. The van der Waals surface area contributed by atoms with Crippen molar-refractivity contribution in [3.63, 3.8) is 0 Å². The highest BCUT2D eigenvalue weighted by atomic mass is 16.5. The first-order valence-corrected chi connectivity index (χ1v) is 9.65. The lowest BCUT2D eigenvalue weighted by Crippen LogP contribution is -2.10. The van der Waals surface area contributed by atoms with E-state index in [0.29, 0.717) is 11.6 Å². The third-order valence-electron chi connectivity index (χ3n) is 4.58. The molecule has 144 valence electrons. The van der Waals surface area contributed by atoms with Gasteiger partial charge in [0, 0.05) is 5.56 Å². The van der Waals surface area contributed by atoms with Crippen LogP contribution < -0.4 is 4.74 Å². The van der Waals surface area contributed by atoms with Crippen molar-refractivity contribution in [1.29, 1.82) is 0 Å². The van der Waals surface area contributed by atoms with Gasteiger partial charge in [-0.3, -0.25) is 0 Å². The molecule has 5 nitrogen and oxygen atoms in total. The number of para-hydroxylation sites is 1. The van der Waals surface area contributed by atoms with Crippen LogP contribution in [-0.2, 0) is 0 Å². The van der Waals surface area contributed by atoms with Gasteiger partial charge < -0.3 is 4.74 Å². The van der Waals surface area contributed by atoms with Crippen molar-refractivity contribution in [2.45, 2.75) is 0 Å². The van der Waals surface area contributed by atoms with Crippen LogP contribution in [0.3, 0.4) is 0 Å². The van der Waals surface area contributed by atoms with Crippen molar-refractivity contribution in [2.24, 2.45) is 4.99 Å². The van der Waals surface area contributed by atoms with Crippen molar-refractivity contribution < 1.29 is 4.74 Å². The maximum absolute atomic E-state index is 6.15. The molecule has 4 aromatic carbocycles. The van der Waals surface area contributed by atoms with Gasteiger partial charge in [-0.2, -0.15) is 4.80 Å². The second-order valence-electron chi connectivity index (χ2n) is 6.69. The summed E-state index contributed by atoms with van der Waals surface area (Å²) in [4.78, 5) is 6.33. The Morgan fingerprint density at radius 3 is 1.83 bits per heavy atom. The number of nitrogens with zero attached hydrogens (tertiary/aromatic N) is 4. The van der Waals surface area contributed by atoms with Crippen LogP contribution in [0.4, 0.5) is 5.69 Å². The predicted octanol–water partition coefficient (Wildman–Crippen LogP) is 5.58. The van der Waals surface area contributed by atoms with E-state index in [1.807, 2.05) is 109 Å². The summed E-state index contributed by atoms with van der Waals surface area (Å²) in [5.74, 6) is 1.23. The molecule has 0 fully saturated rings. The molecule has 5 rings (SSSR count). The molecule has 0 saturated carbocycles. The van der Waals surface area contributed by atoms with Crippen LogP contribution in [0.25, 0.3) is 16.7 Å². The van der Waals surface area contributed by atoms with Gasteiger partial charge in [0.05, 0.1) is 11.4 Å². The zero-order chi connectivity index (χ0) is 20.2. The minimum absolute atomic E-state index is 0.539. The average Bonchev–Trinajstić information content (AvgIpc) is 3.25. The van der Waals surface area contributed by atoms with E-state index in [-0.39, 0.29) is 0 Å². The Morgan fingerprint density at radius 1 is 0.633 bits per heavy atom. The summed E-state index contributed by atoms with van der Waals surface area (Å²) < 4.78 is 6.15. The summed E-state index contributed by atoms with van der Waals surface area (Å²) in [6, 6.07) is 35.1. The molecule has 5 heteroatoms. The van der Waals surface area contributed by atoms with E-state index < -0.39 is 0 Å². The topological polar surface area (TPSA) is 52.3 Å². The molecule has 0 spiro atoms. The highest BCUT2D eigenvalue weighted by Gasteiger charge is 2.09. The summed E-state index contributed by atoms with van der Waals surface area (Å²) in [7, 11) is 0. The number of aromatic nitrogens is 3. The second-order valence-corrected chi connectivity index (χ2v) is 6.69. The van der Waals surface area contributed by atoms with Gasteiger partial charge in [0.1, 0.15) is 16.8 Å². The lowest BCUT2D eigenvalue weighted by Gasteiger charge is -2.10. The first-order valence-electron chi connectivity index (χ1n) is 9.65. The smallest absolute Gasteiger partial charge is 0.227 e. The molecular weight excluding hydrogens is 372 g/mol. The number of rotatable bonds is 4. The number of hydrogen-bond acceptors (Lipinski definition) is 4. The fourth-order valence-electron chi connectivity index (χ4n) is 3.08. The number of aliphatic imine (C=N–C) groups is 1. The Hall–Kier alpha value is -4.25. The van der Waals surface area contributed by atoms with Crippen LogP contribution in [0, 0.1) is 0 Å². The average molecular weight is 390 g/mol. The standard InChI is InChI=1S/C25H18N4O/c1-3-9-19(10-4-1)25(26-20-11-5-2-6-12-20)30-22-17-15-21(16-18-22)29-27-23-13-7-8-14-24(23)28-29/h1-18H. The third kappa shape index (κ3) is 3.82. The molecule has 0 bridgehead atoms. The Bertz CT molecular complexity index is 1260. The third-order valence-corrected chi connectivity index (χ3v) is 4.58. The van der Waals surface area contributed by atoms with Gasteiger partial charge in [0.25, 0.3) is 0 Å². The zero-order valence-corrected chi connectivity index (χ0v) is 16.1. The Balaban J connectivity index is 1.44. The maximum Gasteiger partial charge on any atom is 0.227 e. The number of fused-ring (bicyclic) bond motifs is 1. The molecule has 30 heavy (non-hydrogen) atoms. The van der Waals surface area contributed by atoms with Crippen LogP contribution in [0.2, 0.25) is 0 Å². The normalized spacial score (nSPS) is 11.5. The summed E-state index contributed by atoms with van der Waals surface area (Å²) in [5, 5.41) is 9.04. The van der Waals surface area contributed by atoms with Crippen molar-refractivity contribution in [2.75, 3.05) is 0 Å². The molecule has 0 N–H and O–H groups in total. The number of benzene rings is 4. The molecule has 0 radical (unpaired) electrons. The highest BCUT2D eigenvalue weighted by Crippen LogP contribution is 2.20. The van der Waals surface area contributed by atoms with Crippen molar-refractivity contribution >= 4 is 22.6 Å². The summed E-state index contributed by atoms with van der Waals surface area (Å²) in [6.45, 7) is 0. The Morgan fingerprint density at radius 2 is 1.20 bits per heavy atom. The molecule has 5 aromatic rings. The molecule has 0 aliphatic heterocycles. The molecule has 0 amide bonds. The molecular formula is C25H18N4O. The Labute approximate surface area is 173 Å². The van der Waals surface area contributed by atoms with Gasteiger partial charge in [0.15, 0.2) is 0 Å². The first kappa shape index (κ1) is 17.8. The van der Waals surface area contributed by atoms with Crippen molar-refractivity contribution in [3.05, 3.63) is 115 Å². The van der Waals surface area contributed by atoms with E-state index in [0.717, 1.165) is 28.0 Å². The SMILES string of the molecule is c1ccc(N=C(Oc2ccc(-n3nc4ccccc4n3)cc2)c2ccccc2)cc1. The number of hydrogen-bond donors (Lipinski definition) is 0. The lowest BCUT2D eigenvalue weighted by atomic mass is 10.2. The van der Waals surface area contributed by atoms with Crippen LogP contribution >= 0.6 is 0 Å². The molecule has 0 unspecified atom stereocenters. The van der Waals surface area contributed by atoms with E-state index in [1.54, 1.807) is 4.80 Å². The molecule has 0 aliphatic rings. The lowest BCUT2D eigenvalue weighted by molar-refractivity contribution is 0.552. The van der Waals surface area contributed by atoms with Gasteiger partial charge in [-0.1, -0.05) is 48.5 Å². The van der Waals surface area contributed by atoms with Crippen molar-refractivity contribution in [3.8, 4) is 11.4 Å². The molecule has 0 saturated heterocycles.